The number of hydrogen-bond acceptors (Lipinski definition) is 4. The van der Waals surface area contributed by atoms with Gasteiger partial charge in [0.1, 0.15) is 5.82 Å². The van der Waals surface area contributed by atoms with Crippen molar-refractivity contribution in [1.29, 1.82) is 0 Å². The zero-order valence-corrected chi connectivity index (χ0v) is 9.71. The fourth-order valence-electron chi connectivity index (χ4n) is 1.39. The lowest BCUT2D eigenvalue weighted by molar-refractivity contribution is 0.0691. The Labute approximate surface area is 98.3 Å². The van der Waals surface area contributed by atoms with Crippen LogP contribution in [0.2, 0.25) is 0 Å². The predicted molar refractivity (Wildman–Crippen MR) is 63.3 cm³/mol. The third-order valence-corrected chi connectivity index (χ3v) is 2.23. The Kier molecular flexibility index (Phi) is 2.95. The summed E-state index contributed by atoms with van der Waals surface area (Å²) in [4.78, 5) is 14.7. The van der Waals surface area contributed by atoms with E-state index in [2.05, 4.69) is 29.2 Å². The normalized spacial score (nSPS) is 11.0. The summed E-state index contributed by atoms with van der Waals surface area (Å²) >= 11 is 0. The average Bonchev–Trinajstić information content (AvgIpc) is 2.69. The van der Waals surface area contributed by atoms with E-state index >= 15 is 0 Å². The summed E-state index contributed by atoms with van der Waals surface area (Å²) in [7, 11) is 0. The van der Waals surface area contributed by atoms with Gasteiger partial charge in [-0.05, 0) is 18.1 Å². The molecule has 2 aromatic heterocycles. The molecule has 2 N–H and O–H groups in total. The molecule has 6 nitrogen and oxygen atoms in total. The summed E-state index contributed by atoms with van der Waals surface area (Å²) in [6.45, 7) is 5.02. The van der Waals surface area contributed by atoms with Crippen LogP contribution in [0, 0.1) is 5.92 Å². The van der Waals surface area contributed by atoms with Gasteiger partial charge in [-0.25, -0.2) is 14.3 Å². The van der Waals surface area contributed by atoms with Gasteiger partial charge in [0.15, 0.2) is 11.3 Å². The number of aromatic nitrogens is 3. The van der Waals surface area contributed by atoms with Crippen molar-refractivity contribution in [3.63, 3.8) is 0 Å². The quantitative estimate of drug-likeness (QED) is 0.837. The van der Waals surface area contributed by atoms with E-state index in [-0.39, 0.29) is 5.69 Å². The standard InChI is InChI=1S/C11H14N4O2/c1-7(2)5-12-9-3-4-10-13-8(11(16)17)6-15(10)14-9/h3-4,6-7H,5H2,1-2H3,(H,12,14)(H,16,17). The van der Waals surface area contributed by atoms with E-state index in [1.807, 2.05) is 0 Å². The molecule has 2 aromatic rings. The molecule has 6 heteroatoms. The molecule has 0 radical (unpaired) electrons. The number of nitrogens with zero attached hydrogens (tertiary/aromatic N) is 3. The molecule has 0 fully saturated rings. The summed E-state index contributed by atoms with van der Waals surface area (Å²) in [6.07, 6.45) is 1.40. The van der Waals surface area contributed by atoms with Crippen LogP contribution in [0.4, 0.5) is 5.82 Å². The van der Waals surface area contributed by atoms with Crippen LogP contribution < -0.4 is 5.32 Å². The molecular formula is C11H14N4O2. The van der Waals surface area contributed by atoms with Gasteiger partial charge in [-0.2, -0.15) is 0 Å². The number of nitrogens with one attached hydrogen (secondary N) is 1. The lowest BCUT2D eigenvalue weighted by Crippen LogP contribution is -2.10. The summed E-state index contributed by atoms with van der Waals surface area (Å²) in [5.74, 6) is 0.178. The van der Waals surface area contributed by atoms with Gasteiger partial charge in [0.25, 0.3) is 0 Å². The van der Waals surface area contributed by atoms with Crippen LogP contribution in [0.1, 0.15) is 24.3 Å². The van der Waals surface area contributed by atoms with Crippen LogP contribution in [0.15, 0.2) is 18.3 Å². The van der Waals surface area contributed by atoms with E-state index in [1.165, 1.54) is 10.7 Å². The maximum Gasteiger partial charge on any atom is 0.356 e. The molecule has 0 amide bonds. The van der Waals surface area contributed by atoms with Gasteiger partial charge >= 0.3 is 5.97 Å². The number of hydrogen-bond donors (Lipinski definition) is 2. The van der Waals surface area contributed by atoms with E-state index in [9.17, 15) is 4.79 Å². The van der Waals surface area contributed by atoms with Gasteiger partial charge in [-0.3, -0.25) is 0 Å². The highest BCUT2D eigenvalue weighted by Gasteiger charge is 2.09. The van der Waals surface area contributed by atoms with Crippen LogP contribution in [0.3, 0.4) is 0 Å². The zero-order chi connectivity index (χ0) is 12.4. The van der Waals surface area contributed by atoms with E-state index in [4.69, 9.17) is 5.11 Å². The highest BCUT2D eigenvalue weighted by atomic mass is 16.4. The molecule has 0 aliphatic carbocycles. The summed E-state index contributed by atoms with van der Waals surface area (Å²) in [5, 5.41) is 16.2. The van der Waals surface area contributed by atoms with Crippen molar-refractivity contribution < 1.29 is 9.90 Å². The Morgan fingerprint density at radius 2 is 2.29 bits per heavy atom. The van der Waals surface area contributed by atoms with Crippen molar-refractivity contribution in [2.75, 3.05) is 11.9 Å². The fraction of sp³-hybridized carbons (Fsp3) is 0.364. The molecule has 0 saturated carbocycles. The molecule has 0 aromatic carbocycles. The lowest BCUT2D eigenvalue weighted by Gasteiger charge is -2.07. The minimum Gasteiger partial charge on any atom is -0.476 e. The third-order valence-electron chi connectivity index (χ3n) is 2.23. The summed E-state index contributed by atoms with van der Waals surface area (Å²) in [5.41, 5.74) is 0.524. The van der Waals surface area contributed by atoms with Gasteiger partial charge in [0.05, 0.1) is 6.20 Å². The van der Waals surface area contributed by atoms with Crippen LogP contribution in [0.5, 0.6) is 0 Å². The lowest BCUT2D eigenvalue weighted by atomic mass is 10.2. The monoisotopic (exact) mass is 234 g/mol. The fourth-order valence-corrected chi connectivity index (χ4v) is 1.39. The van der Waals surface area contributed by atoms with Gasteiger partial charge in [0, 0.05) is 6.54 Å². The maximum absolute atomic E-state index is 10.8. The molecule has 0 aliphatic heterocycles. The Balaban J connectivity index is 2.27. The van der Waals surface area contributed by atoms with Crippen LogP contribution >= 0.6 is 0 Å². The molecule has 0 bridgehead atoms. The second kappa shape index (κ2) is 4.40. The van der Waals surface area contributed by atoms with Gasteiger partial charge < -0.3 is 10.4 Å². The summed E-state index contributed by atoms with van der Waals surface area (Å²) in [6, 6.07) is 3.53. The number of carbonyl (C=O) groups is 1. The number of rotatable bonds is 4. The molecular weight excluding hydrogens is 220 g/mol. The molecule has 2 heterocycles. The number of fused-ring (bicyclic) bond motifs is 1. The second-order valence-corrected chi connectivity index (χ2v) is 4.23. The Bertz CT molecular complexity index is 547. The van der Waals surface area contributed by atoms with Crippen LogP contribution in [-0.2, 0) is 0 Å². The second-order valence-electron chi connectivity index (χ2n) is 4.23. The molecule has 90 valence electrons. The van der Waals surface area contributed by atoms with Crippen molar-refractivity contribution in [2.24, 2.45) is 5.92 Å². The Morgan fingerprint density at radius 3 is 2.94 bits per heavy atom. The Morgan fingerprint density at radius 1 is 1.53 bits per heavy atom. The molecule has 0 unspecified atom stereocenters. The minimum atomic E-state index is -1.05. The average molecular weight is 234 g/mol. The molecule has 17 heavy (non-hydrogen) atoms. The smallest absolute Gasteiger partial charge is 0.356 e. The van der Waals surface area contributed by atoms with Crippen molar-refractivity contribution in [1.82, 2.24) is 14.6 Å². The van der Waals surface area contributed by atoms with Gasteiger partial charge in [0.2, 0.25) is 0 Å². The first kappa shape index (κ1) is 11.4. The summed E-state index contributed by atoms with van der Waals surface area (Å²) < 4.78 is 1.46. The van der Waals surface area contributed by atoms with Crippen molar-refractivity contribution >= 4 is 17.4 Å². The van der Waals surface area contributed by atoms with Gasteiger partial charge in [-0.15, -0.1) is 5.10 Å². The number of aromatic carboxylic acids is 1. The predicted octanol–water partition coefficient (Wildman–Crippen LogP) is 1.50. The first-order chi connectivity index (χ1) is 8.06. The Hall–Kier alpha value is -2.11. The molecule has 0 saturated heterocycles. The third kappa shape index (κ3) is 2.52. The molecule has 0 atom stereocenters. The SMILES string of the molecule is CC(C)CNc1ccc2nc(C(=O)O)cn2n1. The number of anilines is 1. The van der Waals surface area contributed by atoms with Gasteiger partial charge in [-0.1, -0.05) is 13.8 Å². The first-order valence-corrected chi connectivity index (χ1v) is 5.40. The van der Waals surface area contributed by atoms with Crippen molar-refractivity contribution in [3.8, 4) is 0 Å². The van der Waals surface area contributed by atoms with Crippen LogP contribution in [-0.4, -0.2) is 32.2 Å². The van der Waals surface area contributed by atoms with E-state index in [0.717, 1.165) is 6.54 Å². The topological polar surface area (TPSA) is 79.5 Å². The highest BCUT2D eigenvalue weighted by molar-refractivity contribution is 5.86. The van der Waals surface area contributed by atoms with Crippen molar-refractivity contribution in [3.05, 3.63) is 24.0 Å². The van der Waals surface area contributed by atoms with E-state index < -0.39 is 5.97 Å². The minimum absolute atomic E-state index is 0.00138. The maximum atomic E-state index is 10.8. The highest BCUT2D eigenvalue weighted by Crippen LogP contribution is 2.08. The van der Waals surface area contributed by atoms with E-state index in [0.29, 0.717) is 17.4 Å². The molecule has 0 spiro atoms. The zero-order valence-electron chi connectivity index (χ0n) is 9.71. The number of carboxylic acid groups (broad SMARTS) is 1. The molecule has 2 rings (SSSR count). The number of imidazole rings is 1. The van der Waals surface area contributed by atoms with Crippen molar-refractivity contribution in [2.45, 2.75) is 13.8 Å². The number of carboxylic acids is 1. The largest absolute Gasteiger partial charge is 0.476 e. The van der Waals surface area contributed by atoms with Crippen LogP contribution in [0.25, 0.3) is 5.65 Å². The molecule has 0 aliphatic rings. The first-order valence-electron chi connectivity index (χ1n) is 5.40. The van der Waals surface area contributed by atoms with E-state index in [1.54, 1.807) is 12.1 Å².